The molecule has 4 saturated carbocycles. The van der Waals surface area contributed by atoms with Crippen LogP contribution in [-0.2, 0) is 35.6 Å². The van der Waals surface area contributed by atoms with Crippen LogP contribution in [0.1, 0.15) is 115 Å². The number of methoxy groups -OCH3 is 1. The van der Waals surface area contributed by atoms with E-state index in [1.807, 2.05) is 31.2 Å². The topological polar surface area (TPSA) is 182 Å². The third-order valence-electron chi connectivity index (χ3n) is 13.5. The molecule has 2 aromatic rings. The van der Waals surface area contributed by atoms with Crippen LogP contribution < -0.4 is 24.8 Å². The van der Waals surface area contributed by atoms with Crippen molar-refractivity contribution in [3.8, 4) is 11.5 Å². The van der Waals surface area contributed by atoms with Crippen molar-refractivity contribution in [3.05, 3.63) is 30.0 Å². The maximum atomic E-state index is 14.9. The molecule has 15 heteroatoms. The van der Waals surface area contributed by atoms with Gasteiger partial charge in [-0.25, -0.2) is 18.2 Å². The van der Waals surface area contributed by atoms with E-state index in [9.17, 15) is 27.6 Å². The van der Waals surface area contributed by atoms with Crippen molar-refractivity contribution >= 4 is 44.7 Å². The van der Waals surface area contributed by atoms with Gasteiger partial charge in [0.25, 0.3) is 5.91 Å². The van der Waals surface area contributed by atoms with E-state index in [1.54, 1.807) is 7.11 Å². The monoisotopic (exact) mass is 807 g/mol. The smallest absolute Gasteiger partial charge is 0.408 e. The van der Waals surface area contributed by atoms with Crippen molar-refractivity contribution in [1.29, 1.82) is 0 Å². The first-order valence-electron chi connectivity index (χ1n) is 21.3. The van der Waals surface area contributed by atoms with Crippen LogP contribution in [0.3, 0.4) is 0 Å². The van der Waals surface area contributed by atoms with Gasteiger partial charge in [0.1, 0.15) is 41.3 Å². The summed E-state index contributed by atoms with van der Waals surface area (Å²) in [6.07, 6.45) is 11.1. The van der Waals surface area contributed by atoms with Crippen molar-refractivity contribution in [2.45, 2.75) is 151 Å². The molecular weight excluding hydrogens is 751 g/mol. The molecule has 7 atom stereocenters. The molecule has 2 bridgehead atoms. The zero-order chi connectivity index (χ0) is 39.9. The SMILES string of the molecule is CCC1C[C@]1(NC(=O)[C@@H]1C[C@@H]2CN1C(=O)[C@H](C1CCCC1)NC(=O)O[C@@H]1CCC[C@H]1CCCCCc1nc3ccc(OC)cc3cc1O2)C(=O)NS(=O)(=O)C1CC1. The van der Waals surface area contributed by atoms with Gasteiger partial charge in [-0.3, -0.25) is 19.1 Å². The Hall–Kier alpha value is -4.14. The number of carbonyl (C=O) groups excluding carboxylic acids is 4. The second kappa shape index (κ2) is 16.2. The number of pyridine rings is 1. The summed E-state index contributed by atoms with van der Waals surface area (Å²) in [6.45, 7) is 1.96. The third-order valence-corrected chi connectivity index (χ3v) is 15.3. The van der Waals surface area contributed by atoms with Gasteiger partial charge in [-0.05, 0) is 113 Å². The van der Waals surface area contributed by atoms with Gasteiger partial charge in [0.15, 0.2) is 0 Å². The number of hydrogen-bond donors (Lipinski definition) is 3. The van der Waals surface area contributed by atoms with Gasteiger partial charge in [-0.15, -0.1) is 0 Å². The number of carbonyl (C=O) groups is 4. The van der Waals surface area contributed by atoms with Crippen LogP contribution in [0, 0.1) is 17.8 Å². The number of amides is 4. The van der Waals surface area contributed by atoms with Crippen molar-refractivity contribution in [1.82, 2.24) is 25.2 Å². The predicted octanol–water partition coefficient (Wildman–Crippen LogP) is 5.06. The Balaban J connectivity index is 1.13. The first-order valence-corrected chi connectivity index (χ1v) is 22.8. The standard InChI is InChI=1S/C42H57N5O9S/c1-3-28-23-42(28,40(50)46-57(52,53)31-17-18-31)45-38(48)34-22-30-24-47(34)39(49)37(26-11-7-8-12-26)44-41(51)56-35-15-9-13-25(35)10-5-4-6-14-33-36(55-30)21-27-20-29(54-2)16-19-32(27)43-33/h16,19-21,25-26,28,30-31,34-35,37H,3-15,17-18,22-24H2,1-2H3,(H,44,51)(H,45,48)(H,46,50)/t25-,28?,30-,34+,35-,37+,42-/m1/s1. The number of alkyl carbamates (subject to hydrolysis) is 1. The molecule has 14 nitrogen and oxygen atoms in total. The maximum Gasteiger partial charge on any atom is 0.408 e. The van der Waals surface area contributed by atoms with E-state index in [1.165, 1.54) is 4.90 Å². The quantitative estimate of drug-likeness (QED) is 0.326. The van der Waals surface area contributed by atoms with Gasteiger partial charge < -0.3 is 29.7 Å². The number of nitrogens with zero attached hydrogens (tertiary/aromatic N) is 2. The Morgan fingerprint density at radius 3 is 2.46 bits per heavy atom. The summed E-state index contributed by atoms with van der Waals surface area (Å²) in [5.41, 5.74) is 0.200. The lowest BCUT2D eigenvalue weighted by Gasteiger charge is -2.32. The fourth-order valence-corrected chi connectivity index (χ4v) is 11.3. The molecule has 3 heterocycles. The number of aryl methyl sites for hydroxylation is 1. The number of sulfonamides is 1. The van der Waals surface area contributed by atoms with Crippen LogP contribution in [0.2, 0.25) is 0 Å². The molecule has 3 N–H and O–H groups in total. The van der Waals surface area contributed by atoms with E-state index in [0.717, 1.165) is 87.2 Å². The number of fused-ring (bicyclic) bond motifs is 5. The summed E-state index contributed by atoms with van der Waals surface area (Å²) in [7, 11) is -2.25. The van der Waals surface area contributed by atoms with Crippen LogP contribution in [0.25, 0.3) is 10.9 Å². The average molecular weight is 808 g/mol. The molecule has 1 aromatic carbocycles. The van der Waals surface area contributed by atoms with Gasteiger partial charge in [-0.1, -0.05) is 39.0 Å². The minimum Gasteiger partial charge on any atom is -0.497 e. The molecule has 0 radical (unpaired) electrons. The molecule has 0 spiro atoms. The molecular formula is C42H57N5O9S. The number of ether oxygens (including phenoxy) is 3. The number of benzene rings is 1. The van der Waals surface area contributed by atoms with E-state index in [4.69, 9.17) is 19.2 Å². The molecule has 6 aliphatic rings. The zero-order valence-electron chi connectivity index (χ0n) is 33.1. The van der Waals surface area contributed by atoms with Crippen molar-refractivity contribution in [3.63, 3.8) is 0 Å². The Morgan fingerprint density at radius 1 is 0.965 bits per heavy atom. The van der Waals surface area contributed by atoms with Crippen molar-refractivity contribution in [2.75, 3.05) is 13.7 Å². The number of nitrogens with one attached hydrogen (secondary N) is 3. The highest BCUT2D eigenvalue weighted by molar-refractivity contribution is 7.91. The number of hydrogen-bond acceptors (Lipinski definition) is 10. The van der Waals surface area contributed by atoms with E-state index in [-0.39, 0.29) is 43.2 Å². The molecule has 5 fully saturated rings. The molecule has 57 heavy (non-hydrogen) atoms. The lowest BCUT2D eigenvalue weighted by molar-refractivity contribution is -0.142. The van der Waals surface area contributed by atoms with E-state index in [2.05, 4.69) is 15.4 Å². The first kappa shape index (κ1) is 39.7. The molecule has 2 aliphatic heterocycles. The van der Waals surface area contributed by atoms with Gasteiger partial charge >= 0.3 is 6.09 Å². The summed E-state index contributed by atoms with van der Waals surface area (Å²) >= 11 is 0. The lowest BCUT2D eigenvalue weighted by atomic mass is 9.96. The Labute approximate surface area is 334 Å². The number of aromatic nitrogens is 1. The van der Waals surface area contributed by atoms with E-state index >= 15 is 0 Å². The maximum absolute atomic E-state index is 14.9. The molecule has 1 unspecified atom stereocenters. The second-order valence-corrected chi connectivity index (χ2v) is 19.3. The highest BCUT2D eigenvalue weighted by atomic mass is 32.2. The Bertz CT molecular complexity index is 1980. The summed E-state index contributed by atoms with van der Waals surface area (Å²) in [6, 6.07) is 5.70. The zero-order valence-corrected chi connectivity index (χ0v) is 33.9. The Morgan fingerprint density at radius 2 is 1.72 bits per heavy atom. The van der Waals surface area contributed by atoms with Crippen LogP contribution >= 0.6 is 0 Å². The van der Waals surface area contributed by atoms with Crippen LogP contribution in [0.4, 0.5) is 4.79 Å². The minimum atomic E-state index is -3.86. The molecule has 1 saturated heterocycles. The minimum absolute atomic E-state index is 0.0591. The van der Waals surface area contributed by atoms with Crippen LogP contribution in [0.15, 0.2) is 24.3 Å². The van der Waals surface area contributed by atoms with Gasteiger partial charge in [-0.2, -0.15) is 0 Å². The average Bonchev–Trinajstić information content (AvgIpc) is 3.98. The molecule has 1 aromatic heterocycles. The summed E-state index contributed by atoms with van der Waals surface area (Å²) < 4.78 is 46.2. The number of rotatable bonds is 8. The Kier molecular flexibility index (Phi) is 11.3. The second-order valence-electron chi connectivity index (χ2n) is 17.3. The molecule has 8 rings (SSSR count). The highest BCUT2D eigenvalue weighted by Crippen LogP contribution is 2.47. The van der Waals surface area contributed by atoms with E-state index < -0.39 is 62.8 Å². The van der Waals surface area contributed by atoms with Gasteiger partial charge in [0, 0.05) is 11.8 Å². The van der Waals surface area contributed by atoms with Gasteiger partial charge in [0.05, 0.1) is 30.1 Å². The van der Waals surface area contributed by atoms with Crippen molar-refractivity contribution < 1.29 is 41.8 Å². The summed E-state index contributed by atoms with van der Waals surface area (Å²) in [5.74, 6) is -0.572. The van der Waals surface area contributed by atoms with Crippen LogP contribution in [-0.4, -0.2) is 90.9 Å². The van der Waals surface area contributed by atoms with E-state index in [0.29, 0.717) is 37.2 Å². The molecule has 4 amide bonds. The third kappa shape index (κ3) is 8.40. The van der Waals surface area contributed by atoms with Gasteiger partial charge in [0.2, 0.25) is 21.8 Å². The van der Waals surface area contributed by atoms with Crippen molar-refractivity contribution in [2.24, 2.45) is 17.8 Å². The molecule has 4 aliphatic carbocycles. The fraction of sp³-hybridized carbons (Fsp3) is 0.690. The van der Waals surface area contributed by atoms with Crippen LogP contribution in [0.5, 0.6) is 11.5 Å². The predicted molar refractivity (Wildman–Crippen MR) is 211 cm³/mol. The summed E-state index contributed by atoms with van der Waals surface area (Å²) in [4.78, 5) is 63.3. The largest absolute Gasteiger partial charge is 0.497 e. The first-order chi connectivity index (χ1) is 27.5. The summed E-state index contributed by atoms with van der Waals surface area (Å²) in [5, 5.41) is 6.15. The lowest BCUT2D eigenvalue weighted by Crippen LogP contribution is -2.59. The molecule has 310 valence electrons. The normalized spacial score (nSPS) is 31.2. The highest BCUT2D eigenvalue weighted by Gasteiger charge is 2.62. The fourth-order valence-electron chi connectivity index (χ4n) is 9.95.